The molecule has 1 saturated carbocycles. The second-order valence-corrected chi connectivity index (χ2v) is 5.50. The number of aromatic nitrogens is 1. The molecule has 1 aliphatic carbocycles. The van der Waals surface area contributed by atoms with E-state index in [9.17, 15) is 9.59 Å². The van der Waals surface area contributed by atoms with E-state index in [1.54, 1.807) is 6.07 Å². The van der Waals surface area contributed by atoms with Gasteiger partial charge >= 0.3 is 0 Å². The molecule has 2 amide bonds. The number of primary amides is 1. The summed E-state index contributed by atoms with van der Waals surface area (Å²) >= 11 is 0. The fourth-order valence-corrected chi connectivity index (χ4v) is 2.36. The number of para-hydroxylation sites is 1. The van der Waals surface area contributed by atoms with Crippen molar-refractivity contribution in [2.24, 2.45) is 11.7 Å². The summed E-state index contributed by atoms with van der Waals surface area (Å²) in [7, 11) is 0. The van der Waals surface area contributed by atoms with E-state index in [0.717, 1.165) is 23.7 Å². The first-order valence-electron chi connectivity index (χ1n) is 7.09. The van der Waals surface area contributed by atoms with Crippen LogP contribution in [-0.2, 0) is 4.79 Å². The van der Waals surface area contributed by atoms with E-state index < -0.39 is 11.9 Å². The van der Waals surface area contributed by atoms with Crippen molar-refractivity contribution in [2.45, 2.75) is 25.3 Å². The molecule has 1 aromatic carbocycles. The number of nitrogens with two attached hydrogens (primary N) is 1. The summed E-state index contributed by atoms with van der Waals surface area (Å²) in [5.74, 6) is -0.339. The maximum atomic E-state index is 12.2. The average molecular weight is 283 g/mol. The summed E-state index contributed by atoms with van der Waals surface area (Å²) in [5.41, 5.74) is 6.41. The Balaban J connectivity index is 1.77. The van der Waals surface area contributed by atoms with Crippen LogP contribution in [0.4, 0.5) is 0 Å². The van der Waals surface area contributed by atoms with Gasteiger partial charge in [0.1, 0.15) is 11.7 Å². The summed E-state index contributed by atoms with van der Waals surface area (Å²) in [4.78, 5) is 28.0. The number of hydrogen-bond acceptors (Lipinski definition) is 3. The largest absolute Gasteiger partial charge is 0.368 e. The van der Waals surface area contributed by atoms with Gasteiger partial charge in [0.15, 0.2) is 0 Å². The number of hydrogen-bond donors (Lipinski definition) is 2. The first-order valence-corrected chi connectivity index (χ1v) is 7.09. The van der Waals surface area contributed by atoms with Crippen LogP contribution in [0, 0.1) is 5.92 Å². The zero-order valence-electron chi connectivity index (χ0n) is 11.6. The molecule has 0 bridgehead atoms. The summed E-state index contributed by atoms with van der Waals surface area (Å²) in [5, 5.41) is 3.66. The van der Waals surface area contributed by atoms with Gasteiger partial charge in [0.25, 0.3) is 5.91 Å². The van der Waals surface area contributed by atoms with Crippen molar-refractivity contribution in [1.82, 2.24) is 10.3 Å². The van der Waals surface area contributed by atoms with Gasteiger partial charge in [-0.3, -0.25) is 9.59 Å². The first-order chi connectivity index (χ1) is 10.1. The van der Waals surface area contributed by atoms with Crippen LogP contribution in [0.3, 0.4) is 0 Å². The number of amides is 2. The van der Waals surface area contributed by atoms with Gasteiger partial charge in [0, 0.05) is 5.39 Å². The van der Waals surface area contributed by atoms with E-state index in [1.807, 2.05) is 30.3 Å². The van der Waals surface area contributed by atoms with Crippen molar-refractivity contribution < 1.29 is 9.59 Å². The number of carbonyl (C=O) groups is 2. The summed E-state index contributed by atoms with van der Waals surface area (Å²) in [6.07, 6.45) is 2.83. The van der Waals surface area contributed by atoms with Crippen molar-refractivity contribution in [2.75, 3.05) is 0 Å². The molecule has 1 atom stereocenters. The maximum absolute atomic E-state index is 12.2. The highest BCUT2D eigenvalue weighted by Gasteiger charge is 2.29. The minimum atomic E-state index is -0.613. The first kappa shape index (κ1) is 13.5. The Kier molecular flexibility index (Phi) is 3.56. The fourth-order valence-electron chi connectivity index (χ4n) is 2.36. The molecule has 5 nitrogen and oxygen atoms in total. The van der Waals surface area contributed by atoms with Crippen LogP contribution >= 0.6 is 0 Å². The van der Waals surface area contributed by atoms with Gasteiger partial charge in [-0.1, -0.05) is 37.1 Å². The molecular weight excluding hydrogens is 266 g/mol. The Morgan fingerprint density at radius 3 is 2.71 bits per heavy atom. The number of benzene rings is 1. The fraction of sp³-hybridized carbons (Fsp3) is 0.312. The lowest BCUT2D eigenvalue weighted by molar-refractivity contribution is -0.120. The normalized spacial score (nSPS) is 15.6. The van der Waals surface area contributed by atoms with Crippen LogP contribution in [0.5, 0.6) is 0 Å². The lowest BCUT2D eigenvalue weighted by atomic mass is 10.1. The highest BCUT2D eigenvalue weighted by Crippen LogP contribution is 2.33. The Hall–Kier alpha value is -2.43. The van der Waals surface area contributed by atoms with Crippen LogP contribution in [-0.4, -0.2) is 22.8 Å². The molecule has 0 spiro atoms. The van der Waals surface area contributed by atoms with Crippen molar-refractivity contribution in [3.05, 3.63) is 42.1 Å². The third-order valence-corrected chi connectivity index (χ3v) is 3.75. The molecule has 1 aliphatic rings. The number of pyridine rings is 1. The molecule has 0 saturated heterocycles. The zero-order chi connectivity index (χ0) is 14.8. The van der Waals surface area contributed by atoms with Crippen molar-refractivity contribution in [1.29, 1.82) is 0 Å². The predicted octanol–water partition coefficient (Wildman–Crippen LogP) is 1.62. The number of fused-ring (bicyclic) bond motifs is 1. The number of rotatable bonds is 5. The number of nitrogens with one attached hydrogen (secondary N) is 1. The highest BCUT2D eigenvalue weighted by atomic mass is 16.2. The maximum Gasteiger partial charge on any atom is 0.270 e. The predicted molar refractivity (Wildman–Crippen MR) is 79.5 cm³/mol. The van der Waals surface area contributed by atoms with E-state index in [1.165, 1.54) is 0 Å². The van der Waals surface area contributed by atoms with Crippen molar-refractivity contribution in [3.63, 3.8) is 0 Å². The molecular formula is C16H17N3O2. The molecule has 0 radical (unpaired) electrons. The summed E-state index contributed by atoms with van der Waals surface area (Å²) in [6.45, 7) is 0. The molecule has 0 aliphatic heterocycles. The Morgan fingerprint density at radius 1 is 1.24 bits per heavy atom. The van der Waals surface area contributed by atoms with Gasteiger partial charge in [0.2, 0.25) is 5.91 Å². The molecule has 21 heavy (non-hydrogen) atoms. The van der Waals surface area contributed by atoms with E-state index in [0.29, 0.717) is 18.0 Å². The summed E-state index contributed by atoms with van der Waals surface area (Å²) in [6, 6.07) is 10.5. The molecule has 5 heteroatoms. The number of nitrogens with zero attached hydrogens (tertiary/aromatic N) is 1. The van der Waals surface area contributed by atoms with Crippen LogP contribution in [0.25, 0.3) is 10.9 Å². The van der Waals surface area contributed by atoms with Crippen molar-refractivity contribution >= 4 is 22.7 Å². The minimum absolute atomic E-state index is 0.302. The van der Waals surface area contributed by atoms with E-state index >= 15 is 0 Å². The molecule has 3 N–H and O–H groups in total. The van der Waals surface area contributed by atoms with Crippen LogP contribution in [0.15, 0.2) is 36.4 Å². The van der Waals surface area contributed by atoms with Gasteiger partial charge in [-0.05, 0) is 24.5 Å². The second-order valence-electron chi connectivity index (χ2n) is 5.50. The Labute approximate surface area is 122 Å². The van der Waals surface area contributed by atoms with E-state index in [-0.39, 0.29) is 5.91 Å². The smallest absolute Gasteiger partial charge is 0.270 e. The molecule has 0 unspecified atom stereocenters. The summed E-state index contributed by atoms with van der Waals surface area (Å²) < 4.78 is 0. The Morgan fingerprint density at radius 2 is 2.00 bits per heavy atom. The van der Waals surface area contributed by atoms with Crippen LogP contribution < -0.4 is 11.1 Å². The number of carbonyl (C=O) groups excluding carboxylic acids is 2. The average Bonchev–Trinajstić information content (AvgIpc) is 3.30. The SMILES string of the molecule is NC(=O)[C@H](CC1CC1)NC(=O)c1ccc2ccccc2n1. The topological polar surface area (TPSA) is 85.1 Å². The third kappa shape index (κ3) is 3.18. The van der Waals surface area contributed by atoms with E-state index in [2.05, 4.69) is 10.3 Å². The highest BCUT2D eigenvalue weighted by molar-refractivity contribution is 5.97. The van der Waals surface area contributed by atoms with E-state index in [4.69, 9.17) is 5.73 Å². The molecule has 2 aromatic rings. The monoisotopic (exact) mass is 283 g/mol. The Bertz CT molecular complexity index is 695. The molecule has 108 valence electrons. The standard InChI is InChI=1S/C16H17N3O2/c17-15(20)14(9-10-5-6-10)19-16(21)13-8-7-11-3-1-2-4-12(11)18-13/h1-4,7-8,10,14H,5-6,9H2,(H2,17,20)(H,19,21)/t14-/m0/s1. The minimum Gasteiger partial charge on any atom is -0.368 e. The molecule has 1 aromatic heterocycles. The quantitative estimate of drug-likeness (QED) is 0.874. The van der Waals surface area contributed by atoms with Gasteiger partial charge in [-0.15, -0.1) is 0 Å². The lowest BCUT2D eigenvalue weighted by Crippen LogP contribution is -2.44. The van der Waals surface area contributed by atoms with Gasteiger partial charge in [-0.25, -0.2) is 4.98 Å². The van der Waals surface area contributed by atoms with Gasteiger partial charge < -0.3 is 11.1 Å². The zero-order valence-corrected chi connectivity index (χ0v) is 11.6. The lowest BCUT2D eigenvalue weighted by Gasteiger charge is -2.14. The van der Waals surface area contributed by atoms with Gasteiger partial charge in [0.05, 0.1) is 5.52 Å². The van der Waals surface area contributed by atoms with Gasteiger partial charge in [-0.2, -0.15) is 0 Å². The van der Waals surface area contributed by atoms with Crippen LogP contribution in [0.1, 0.15) is 29.8 Å². The molecule has 1 heterocycles. The third-order valence-electron chi connectivity index (χ3n) is 3.75. The molecule has 3 rings (SSSR count). The second kappa shape index (κ2) is 5.52. The molecule has 1 fully saturated rings. The van der Waals surface area contributed by atoms with Crippen molar-refractivity contribution in [3.8, 4) is 0 Å². The van der Waals surface area contributed by atoms with Crippen LogP contribution in [0.2, 0.25) is 0 Å².